The van der Waals surface area contributed by atoms with Crippen molar-refractivity contribution in [3.05, 3.63) is 53.6 Å². The van der Waals surface area contributed by atoms with Gasteiger partial charge in [-0.25, -0.2) is 4.79 Å². The van der Waals surface area contributed by atoms with Gasteiger partial charge < -0.3 is 10.1 Å². The largest absolute Gasteiger partial charge is 0.444 e. The van der Waals surface area contributed by atoms with Crippen LogP contribution in [-0.4, -0.2) is 24.5 Å². The third kappa shape index (κ3) is 4.68. The lowest BCUT2D eigenvalue weighted by molar-refractivity contribution is 0.0534. The van der Waals surface area contributed by atoms with Crippen molar-refractivity contribution in [1.82, 2.24) is 5.32 Å². The van der Waals surface area contributed by atoms with E-state index in [1.807, 2.05) is 57.2 Å². The SMILES string of the molecule is CC(C)(C)OC(=O)NCC=Cc1c(C=O)ccc2ccccc12. The van der Waals surface area contributed by atoms with Gasteiger partial charge in [0.25, 0.3) is 0 Å². The molecule has 2 rings (SSSR count). The summed E-state index contributed by atoms with van der Waals surface area (Å²) < 4.78 is 5.17. The minimum atomic E-state index is -0.520. The summed E-state index contributed by atoms with van der Waals surface area (Å²) in [4.78, 5) is 22.8. The van der Waals surface area contributed by atoms with E-state index in [1.54, 1.807) is 12.1 Å². The van der Waals surface area contributed by atoms with Gasteiger partial charge in [-0.05, 0) is 37.1 Å². The lowest BCUT2D eigenvalue weighted by Gasteiger charge is -2.19. The normalized spacial score (nSPS) is 11.6. The number of nitrogens with one attached hydrogen (secondary N) is 1. The zero-order valence-electron chi connectivity index (χ0n) is 13.6. The summed E-state index contributed by atoms with van der Waals surface area (Å²) in [5.41, 5.74) is 0.954. The van der Waals surface area contributed by atoms with Crippen molar-refractivity contribution in [3.8, 4) is 0 Å². The smallest absolute Gasteiger partial charge is 0.407 e. The Morgan fingerprint density at radius 2 is 1.91 bits per heavy atom. The van der Waals surface area contributed by atoms with Crippen molar-refractivity contribution in [2.24, 2.45) is 0 Å². The van der Waals surface area contributed by atoms with Crippen molar-refractivity contribution >= 4 is 29.2 Å². The maximum Gasteiger partial charge on any atom is 0.407 e. The van der Waals surface area contributed by atoms with E-state index in [0.717, 1.165) is 22.6 Å². The van der Waals surface area contributed by atoms with Crippen molar-refractivity contribution < 1.29 is 14.3 Å². The molecule has 1 amide bonds. The number of amides is 1. The molecular weight excluding hydrogens is 290 g/mol. The first kappa shape index (κ1) is 16.7. The van der Waals surface area contributed by atoms with Crippen LogP contribution in [0.4, 0.5) is 4.79 Å². The van der Waals surface area contributed by atoms with E-state index in [2.05, 4.69) is 5.32 Å². The molecule has 0 aliphatic heterocycles. The van der Waals surface area contributed by atoms with Crippen molar-refractivity contribution in [3.63, 3.8) is 0 Å². The first-order valence-corrected chi connectivity index (χ1v) is 7.51. The summed E-state index contributed by atoms with van der Waals surface area (Å²) in [6, 6.07) is 11.6. The van der Waals surface area contributed by atoms with Gasteiger partial charge in [-0.3, -0.25) is 4.79 Å². The first-order chi connectivity index (χ1) is 10.9. The van der Waals surface area contributed by atoms with E-state index in [-0.39, 0.29) is 0 Å². The Balaban J connectivity index is 2.12. The monoisotopic (exact) mass is 311 g/mol. The quantitative estimate of drug-likeness (QED) is 0.861. The van der Waals surface area contributed by atoms with Crippen LogP contribution in [0.25, 0.3) is 16.8 Å². The molecular formula is C19H21NO3. The lowest BCUT2D eigenvalue weighted by Crippen LogP contribution is -2.32. The van der Waals surface area contributed by atoms with Gasteiger partial charge in [0.05, 0.1) is 0 Å². The highest BCUT2D eigenvalue weighted by molar-refractivity contribution is 5.98. The van der Waals surface area contributed by atoms with Crippen LogP contribution in [-0.2, 0) is 4.74 Å². The van der Waals surface area contributed by atoms with Gasteiger partial charge in [0.1, 0.15) is 5.60 Å². The fraction of sp³-hybridized carbons (Fsp3) is 0.263. The molecule has 0 aliphatic carbocycles. The van der Waals surface area contributed by atoms with Crippen LogP contribution < -0.4 is 5.32 Å². The second kappa shape index (κ2) is 7.09. The van der Waals surface area contributed by atoms with Gasteiger partial charge in [0, 0.05) is 12.1 Å². The number of aldehydes is 1. The number of alkyl carbamates (subject to hydrolysis) is 1. The fourth-order valence-electron chi connectivity index (χ4n) is 2.23. The maximum atomic E-state index is 11.6. The highest BCUT2D eigenvalue weighted by Crippen LogP contribution is 2.22. The van der Waals surface area contributed by atoms with Gasteiger partial charge in [-0.1, -0.05) is 48.6 Å². The highest BCUT2D eigenvalue weighted by Gasteiger charge is 2.15. The molecule has 0 spiro atoms. The Kier molecular flexibility index (Phi) is 5.16. The van der Waals surface area contributed by atoms with Gasteiger partial charge in [0.15, 0.2) is 6.29 Å². The molecule has 0 heterocycles. The number of carbonyl (C=O) groups excluding carboxylic acids is 2. The van der Waals surface area contributed by atoms with Crippen LogP contribution in [0, 0.1) is 0 Å². The highest BCUT2D eigenvalue weighted by atomic mass is 16.6. The standard InChI is InChI=1S/C19H21NO3/c1-19(2,3)23-18(22)20-12-6-9-17-15(13-21)11-10-14-7-4-5-8-16(14)17/h4-11,13H,12H2,1-3H3,(H,20,22). The van der Waals surface area contributed by atoms with Gasteiger partial charge in [-0.2, -0.15) is 0 Å². The number of carbonyl (C=O) groups is 2. The van der Waals surface area contributed by atoms with E-state index in [0.29, 0.717) is 12.1 Å². The second-order valence-corrected chi connectivity index (χ2v) is 6.19. The average Bonchev–Trinajstić information content (AvgIpc) is 2.49. The molecule has 0 fully saturated rings. The minimum absolute atomic E-state index is 0.330. The molecule has 0 radical (unpaired) electrons. The Labute approximate surface area is 136 Å². The summed E-state index contributed by atoms with van der Waals surface area (Å²) in [7, 11) is 0. The molecule has 0 unspecified atom stereocenters. The summed E-state index contributed by atoms with van der Waals surface area (Å²) in [6.45, 7) is 5.77. The average molecular weight is 311 g/mol. The molecule has 0 bridgehead atoms. The van der Waals surface area contributed by atoms with E-state index in [9.17, 15) is 9.59 Å². The lowest BCUT2D eigenvalue weighted by atomic mass is 9.99. The zero-order valence-corrected chi connectivity index (χ0v) is 13.6. The molecule has 0 saturated carbocycles. The Morgan fingerprint density at radius 1 is 1.17 bits per heavy atom. The molecule has 4 nitrogen and oxygen atoms in total. The van der Waals surface area contributed by atoms with Crippen molar-refractivity contribution in [2.45, 2.75) is 26.4 Å². The molecule has 2 aromatic carbocycles. The number of hydrogen-bond acceptors (Lipinski definition) is 3. The van der Waals surface area contributed by atoms with E-state index >= 15 is 0 Å². The number of benzene rings is 2. The zero-order chi connectivity index (χ0) is 16.9. The molecule has 0 saturated heterocycles. The number of ether oxygens (including phenoxy) is 1. The molecule has 2 aromatic rings. The van der Waals surface area contributed by atoms with Crippen LogP contribution in [0.15, 0.2) is 42.5 Å². The summed E-state index contributed by atoms with van der Waals surface area (Å²) >= 11 is 0. The third-order valence-corrected chi connectivity index (χ3v) is 3.18. The Hall–Kier alpha value is -2.62. The molecule has 1 N–H and O–H groups in total. The van der Waals surface area contributed by atoms with Crippen LogP contribution in [0.3, 0.4) is 0 Å². The summed E-state index contributed by atoms with van der Waals surface area (Å²) in [5.74, 6) is 0. The first-order valence-electron chi connectivity index (χ1n) is 7.51. The van der Waals surface area contributed by atoms with Crippen LogP contribution in [0.2, 0.25) is 0 Å². The number of fused-ring (bicyclic) bond motifs is 1. The topological polar surface area (TPSA) is 55.4 Å². The fourth-order valence-corrected chi connectivity index (χ4v) is 2.23. The predicted octanol–water partition coefficient (Wildman–Crippen LogP) is 4.19. The predicted molar refractivity (Wildman–Crippen MR) is 92.6 cm³/mol. The third-order valence-electron chi connectivity index (χ3n) is 3.18. The van der Waals surface area contributed by atoms with E-state index in [4.69, 9.17) is 4.74 Å². The molecule has 23 heavy (non-hydrogen) atoms. The number of hydrogen-bond donors (Lipinski definition) is 1. The molecule has 0 aromatic heterocycles. The molecule has 4 heteroatoms. The summed E-state index contributed by atoms with van der Waals surface area (Å²) in [5, 5.41) is 4.73. The van der Waals surface area contributed by atoms with Gasteiger partial charge in [-0.15, -0.1) is 0 Å². The minimum Gasteiger partial charge on any atom is -0.444 e. The maximum absolute atomic E-state index is 11.6. The molecule has 0 aliphatic rings. The van der Waals surface area contributed by atoms with Crippen molar-refractivity contribution in [1.29, 1.82) is 0 Å². The van der Waals surface area contributed by atoms with Crippen LogP contribution >= 0.6 is 0 Å². The Morgan fingerprint density at radius 3 is 2.61 bits per heavy atom. The molecule has 0 atom stereocenters. The van der Waals surface area contributed by atoms with Crippen LogP contribution in [0.5, 0.6) is 0 Å². The van der Waals surface area contributed by atoms with E-state index in [1.165, 1.54) is 0 Å². The summed E-state index contributed by atoms with van der Waals surface area (Å²) in [6.07, 6.45) is 4.03. The number of rotatable bonds is 4. The molecule has 120 valence electrons. The second-order valence-electron chi connectivity index (χ2n) is 6.19. The van der Waals surface area contributed by atoms with Crippen LogP contribution in [0.1, 0.15) is 36.7 Å². The van der Waals surface area contributed by atoms with Crippen molar-refractivity contribution in [2.75, 3.05) is 6.54 Å². The van der Waals surface area contributed by atoms with E-state index < -0.39 is 11.7 Å². The van der Waals surface area contributed by atoms with Gasteiger partial charge in [0.2, 0.25) is 0 Å². The van der Waals surface area contributed by atoms with Gasteiger partial charge >= 0.3 is 6.09 Å². The Bertz CT molecular complexity index is 742.